The molecular formula is C16H23N3S. The van der Waals surface area contributed by atoms with Gasteiger partial charge in [-0.1, -0.05) is 0 Å². The Morgan fingerprint density at radius 2 is 2.15 bits per heavy atom. The van der Waals surface area contributed by atoms with Gasteiger partial charge in [0.1, 0.15) is 5.82 Å². The molecular weight excluding hydrogens is 266 g/mol. The van der Waals surface area contributed by atoms with E-state index in [1.165, 1.54) is 53.3 Å². The molecule has 0 aromatic carbocycles. The molecule has 3 rings (SSSR count). The fourth-order valence-electron chi connectivity index (χ4n) is 3.01. The molecule has 2 aromatic heterocycles. The van der Waals surface area contributed by atoms with Crippen LogP contribution in [-0.4, -0.2) is 16.1 Å². The first kappa shape index (κ1) is 13.8. The number of thiophene rings is 1. The maximum Gasteiger partial charge on any atom is 0.106 e. The van der Waals surface area contributed by atoms with Crippen LogP contribution in [0.1, 0.15) is 40.5 Å². The predicted octanol–water partition coefficient (Wildman–Crippen LogP) is 3.23. The van der Waals surface area contributed by atoms with E-state index in [-0.39, 0.29) is 0 Å². The Morgan fingerprint density at radius 1 is 1.30 bits per heavy atom. The maximum atomic E-state index is 4.73. The monoisotopic (exact) mass is 289 g/mol. The largest absolute Gasteiger partial charge is 0.331 e. The van der Waals surface area contributed by atoms with Gasteiger partial charge in [0.05, 0.1) is 5.69 Å². The molecule has 0 radical (unpaired) electrons. The predicted molar refractivity (Wildman–Crippen MR) is 84.4 cm³/mol. The Balaban J connectivity index is 1.56. The molecule has 0 atom stereocenters. The van der Waals surface area contributed by atoms with Gasteiger partial charge in [-0.2, -0.15) is 0 Å². The highest BCUT2D eigenvalue weighted by Crippen LogP contribution is 2.21. The highest BCUT2D eigenvalue weighted by Gasteiger charge is 2.17. The third-order valence-corrected chi connectivity index (χ3v) is 5.21. The molecule has 2 aromatic rings. The molecule has 108 valence electrons. The van der Waals surface area contributed by atoms with Gasteiger partial charge in [0.25, 0.3) is 0 Å². The van der Waals surface area contributed by atoms with Gasteiger partial charge in [-0.25, -0.2) is 4.98 Å². The van der Waals surface area contributed by atoms with Crippen LogP contribution >= 0.6 is 11.3 Å². The summed E-state index contributed by atoms with van der Waals surface area (Å²) in [4.78, 5) is 6.18. The van der Waals surface area contributed by atoms with Crippen molar-refractivity contribution in [3.8, 4) is 0 Å². The molecule has 0 fully saturated rings. The second-order valence-corrected chi connectivity index (χ2v) is 6.62. The highest BCUT2D eigenvalue weighted by atomic mass is 32.1. The molecule has 0 bridgehead atoms. The van der Waals surface area contributed by atoms with Gasteiger partial charge in [-0.15, -0.1) is 11.3 Å². The first-order valence-electron chi connectivity index (χ1n) is 7.54. The summed E-state index contributed by atoms with van der Waals surface area (Å²) in [6.07, 6.45) is 5.00. The molecule has 1 N–H and O–H groups in total. The number of fused-ring (bicyclic) bond motifs is 1. The Bertz CT molecular complexity index is 583. The van der Waals surface area contributed by atoms with Gasteiger partial charge < -0.3 is 9.88 Å². The van der Waals surface area contributed by atoms with E-state index in [9.17, 15) is 0 Å². The average Bonchev–Trinajstić information content (AvgIpc) is 2.98. The lowest BCUT2D eigenvalue weighted by molar-refractivity contribution is 0.556. The van der Waals surface area contributed by atoms with E-state index in [4.69, 9.17) is 4.98 Å². The zero-order valence-corrected chi connectivity index (χ0v) is 13.2. The van der Waals surface area contributed by atoms with Crippen molar-refractivity contribution >= 4 is 11.3 Å². The number of hydrogen-bond acceptors (Lipinski definition) is 3. The number of aromatic nitrogens is 2. The summed E-state index contributed by atoms with van der Waals surface area (Å²) < 4.78 is 2.42. The van der Waals surface area contributed by atoms with Gasteiger partial charge in [0.15, 0.2) is 0 Å². The second-order valence-electron chi connectivity index (χ2n) is 5.61. The molecule has 0 spiro atoms. The molecule has 1 aliphatic carbocycles. The standard InChI is InChI=1S/C16H23N3S/c1-12-7-10-20-16(12)11-17-8-9-19-13(2)18-14-5-3-4-6-15(14)19/h7,10,17H,3-6,8-9,11H2,1-2H3. The molecule has 1 aliphatic rings. The first-order valence-corrected chi connectivity index (χ1v) is 8.42. The van der Waals surface area contributed by atoms with Crippen molar-refractivity contribution in [3.05, 3.63) is 39.1 Å². The SMILES string of the molecule is Cc1ccsc1CNCCn1c(C)nc2c1CCCC2. The fraction of sp³-hybridized carbons (Fsp3) is 0.562. The molecule has 3 nitrogen and oxygen atoms in total. The van der Waals surface area contributed by atoms with E-state index in [0.29, 0.717) is 0 Å². The fourth-order valence-corrected chi connectivity index (χ4v) is 3.89. The maximum absolute atomic E-state index is 4.73. The van der Waals surface area contributed by atoms with E-state index in [1.54, 1.807) is 0 Å². The molecule has 0 unspecified atom stereocenters. The van der Waals surface area contributed by atoms with Crippen molar-refractivity contribution in [1.29, 1.82) is 0 Å². The van der Waals surface area contributed by atoms with Gasteiger partial charge in [-0.05, 0) is 56.5 Å². The van der Waals surface area contributed by atoms with Gasteiger partial charge in [0.2, 0.25) is 0 Å². The molecule has 2 heterocycles. The molecule has 0 aliphatic heterocycles. The van der Waals surface area contributed by atoms with E-state index in [2.05, 4.69) is 35.2 Å². The quantitative estimate of drug-likeness (QED) is 0.857. The molecule has 0 amide bonds. The van der Waals surface area contributed by atoms with Crippen LogP contribution in [0.5, 0.6) is 0 Å². The lowest BCUT2D eigenvalue weighted by Crippen LogP contribution is -2.21. The number of aryl methyl sites for hydroxylation is 3. The van der Waals surface area contributed by atoms with Crippen LogP contribution in [0.15, 0.2) is 11.4 Å². The van der Waals surface area contributed by atoms with Gasteiger partial charge >= 0.3 is 0 Å². The summed E-state index contributed by atoms with van der Waals surface area (Å²) in [5, 5.41) is 5.73. The summed E-state index contributed by atoms with van der Waals surface area (Å²) in [6.45, 7) is 7.37. The summed E-state index contributed by atoms with van der Waals surface area (Å²) in [7, 11) is 0. The third kappa shape index (κ3) is 2.81. The highest BCUT2D eigenvalue weighted by molar-refractivity contribution is 7.10. The number of nitrogens with one attached hydrogen (secondary N) is 1. The van der Waals surface area contributed by atoms with Crippen LogP contribution in [0, 0.1) is 13.8 Å². The lowest BCUT2D eigenvalue weighted by Gasteiger charge is -2.15. The van der Waals surface area contributed by atoms with Crippen LogP contribution in [0.3, 0.4) is 0 Å². The van der Waals surface area contributed by atoms with Gasteiger partial charge in [0, 0.05) is 30.2 Å². The lowest BCUT2D eigenvalue weighted by atomic mass is 10.0. The second kappa shape index (κ2) is 6.10. The van der Waals surface area contributed by atoms with Crippen molar-refractivity contribution in [2.75, 3.05) is 6.54 Å². The van der Waals surface area contributed by atoms with Crippen molar-refractivity contribution in [2.45, 2.75) is 52.6 Å². The van der Waals surface area contributed by atoms with E-state index in [0.717, 1.165) is 19.6 Å². The summed E-state index contributed by atoms with van der Waals surface area (Å²) in [5.41, 5.74) is 4.24. The molecule has 20 heavy (non-hydrogen) atoms. The van der Waals surface area contributed by atoms with Crippen LogP contribution < -0.4 is 5.32 Å². The number of rotatable bonds is 5. The normalized spacial score (nSPS) is 14.5. The summed E-state index contributed by atoms with van der Waals surface area (Å²) in [5.74, 6) is 1.19. The summed E-state index contributed by atoms with van der Waals surface area (Å²) in [6, 6.07) is 2.19. The zero-order chi connectivity index (χ0) is 13.9. The minimum absolute atomic E-state index is 0.986. The van der Waals surface area contributed by atoms with Crippen molar-refractivity contribution < 1.29 is 0 Å². The van der Waals surface area contributed by atoms with Crippen LogP contribution in [-0.2, 0) is 25.9 Å². The third-order valence-electron chi connectivity index (χ3n) is 4.19. The number of imidazole rings is 1. The minimum atomic E-state index is 0.986. The van der Waals surface area contributed by atoms with Gasteiger partial charge in [-0.3, -0.25) is 0 Å². The number of hydrogen-bond donors (Lipinski definition) is 1. The van der Waals surface area contributed by atoms with E-state index < -0.39 is 0 Å². The molecule has 0 saturated heterocycles. The Kier molecular flexibility index (Phi) is 4.22. The minimum Gasteiger partial charge on any atom is -0.331 e. The van der Waals surface area contributed by atoms with Crippen LogP contribution in [0.25, 0.3) is 0 Å². The van der Waals surface area contributed by atoms with Crippen molar-refractivity contribution in [3.63, 3.8) is 0 Å². The van der Waals surface area contributed by atoms with Crippen LogP contribution in [0.4, 0.5) is 0 Å². The Labute approximate surface area is 125 Å². The van der Waals surface area contributed by atoms with E-state index >= 15 is 0 Å². The summed E-state index contributed by atoms with van der Waals surface area (Å²) >= 11 is 1.84. The van der Waals surface area contributed by atoms with Crippen molar-refractivity contribution in [2.24, 2.45) is 0 Å². The molecule has 0 saturated carbocycles. The smallest absolute Gasteiger partial charge is 0.106 e. The van der Waals surface area contributed by atoms with Crippen molar-refractivity contribution in [1.82, 2.24) is 14.9 Å². The Morgan fingerprint density at radius 3 is 2.95 bits per heavy atom. The number of nitrogens with zero attached hydrogens (tertiary/aromatic N) is 2. The Hall–Kier alpha value is -1.13. The molecule has 4 heteroatoms. The topological polar surface area (TPSA) is 29.9 Å². The first-order chi connectivity index (χ1) is 9.75. The van der Waals surface area contributed by atoms with Crippen LogP contribution in [0.2, 0.25) is 0 Å². The van der Waals surface area contributed by atoms with E-state index in [1.807, 2.05) is 11.3 Å². The zero-order valence-electron chi connectivity index (χ0n) is 12.4. The average molecular weight is 289 g/mol.